The van der Waals surface area contributed by atoms with Gasteiger partial charge in [-0.25, -0.2) is 9.69 Å². The lowest BCUT2D eigenvalue weighted by Gasteiger charge is -2.28. The van der Waals surface area contributed by atoms with Crippen LogP contribution in [0.4, 0.5) is 10.5 Å². The number of hydrogen-bond donors (Lipinski definition) is 2. The number of carbonyl (C=O) groups excluding carboxylic acids is 3. The van der Waals surface area contributed by atoms with Crippen molar-refractivity contribution in [1.29, 1.82) is 0 Å². The maximum atomic E-state index is 12.9. The highest BCUT2D eigenvalue weighted by Gasteiger charge is 2.54. The van der Waals surface area contributed by atoms with Crippen molar-refractivity contribution in [3.8, 4) is 0 Å². The van der Waals surface area contributed by atoms with E-state index in [1.54, 1.807) is 30.3 Å². The second-order valence-electron chi connectivity index (χ2n) is 6.72. The van der Waals surface area contributed by atoms with E-state index in [0.29, 0.717) is 18.5 Å². The molecule has 26 heavy (non-hydrogen) atoms. The Kier molecular flexibility index (Phi) is 4.67. The molecule has 3 rings (SSSR count). The summed E-state index contributed by atoms with van der Waals surface area (Å²) in [6.07, 6.45) is 2.81. The molecule has 0 bridgehead atoms. The molecule has 1 spiro atoms. The summed E-state index contributed by atoms with van der Waals surface area (Å²) in [6.45, 7) is 0.896. The smallest absolute Gasteiger partial charge is 0.325 e. The molecule has 138 valence electrons. The molecule has 1 aliphatic heterocycles. The van der Waals surface area contributed by atoms with Crippen LogP contribution in [-0.4, -0.2) is 51.9 Å². The molecule has 1 aromatic rings. The average molecular weight is 359 g/mol. The minimum atomic E-state index is -1.18. The number of anilines is 1. The molecule has 1 saturated carbocycles. The molecule has 2 N–H and O–H groups in total. The first-order valence-corrected chi connectivity index (χ1v) is 8.60. The largest absolute Gasteiger partial charge is 0.480 e. The van der Waals surface area contributed by atoms with Gasteiger partial charge in [-0.1, -0.05) is 31.0 Å². The number of urea groups is 1. The predicted octanol–water partition coefficient (Wildman–Crippen LogP) is 1.36. The minimum absolute atomic E-state index is 0.398. The van der Waals surface area contributed by atoms with E-state index in [1.165, 1.54) is 6.92 Å². The van der Waals surface area contributed by atoms with Gasteiger partial charge >= 0.3 is 12.0 Å². The van der Waals surface area contributed by atoms with Crippen LogP contribution in [0.25, 0.3) is 0 Å². The number of amides is 4. The van der Waals surface area contributed by atoms with Crippen LogP contribution in [0.3, 0.4) is 0 Å². The quantitative estimate of drug-likeness (QED) is 0.772. The van der Waals surface area contributed by atoms with E-state index >= 15 is 0 Å². The highest BCUT2D eigenvalue weighted by Crippen LogP contribution is 2.36. The van der Waals surface area contributed by atoms with Crippen molar-refractivity contribution < 1.29 is 24.3 Å². The molecule has 4 amide bonds. The summed E-state index contributed by atoms with van der Waals surface area (Å²) in [5.74, 6) is -2.19. The maximum absolute atomic E-state index is 12.9. The summed E-state index contributed by atoms with van der Waals surface area (Å²) < 4.78 is 0. The molecular weight excluding hydrogens is 338 g/mol. The number of benzene rings is 1. The lowest BCUT2D eigenvalue weighted by atomic mass is 9.97. The molecule has 0 radical (unpaired) electrons. The third-order valence-corrected chi connectivity index (χ3v) is 5.02. The number of carboxylic acid groups (broad SMARTS) is 1. The van der Waals surface area contributed by atoms with E-state index in [0.717, 1.165) is 22.6 Å². The zero-order chi connectivity index (χ0) is 18.9. The lowest BCUT2D eigenvalue weighted by Crippen LogP contribution is -2.52. The lowest BCUT2D eigenvalue weighted by molar-refractivity contribution is -0.138. The van der Waals surface area contributed by atoms with E-state index in [2.05, 4.69) is 5.32 Å². The Labute approximate surface area is 150 Å². The van der Waals surface area contributed by atoms with E-state index in [1.807, 2.05) is 0 Å². The van der Waals surface area contributed by atoms with E-state index in [-0.39, 0.29) is 0 Å². The molecule has 8 heteroatoms. The molecule has 1 aromatic carbocycles. The molecule has 1 atom stereocenters. The highest BCUT2D eigenvalue weighted by molar-refractivity contribution is 6.12. The van der Waals surface area contributed by atoms with Gasteiger partial charge in [-0.3, -0.25) is 19.3 Å². The summed E-state index contributed by atoms with van der Waals surface area (Å²) >= 11 is 0. The molecule has 2 aliphatic rings. The Hall–Kier alpha value is -2.90. The van der Waals surface area contributed by atoms with Gasteiger partial charge in [0.1, 0.15) is 18.1 Å². The Morgan fingerprint density at radius 3 is 2.42 bits per heavy atom. The van der Waals surface area contributed by atoms with Gasteiger partial charge in [0.2, 0.25) is 0 Å². The van der Waals surface area contributed by atoms with Crippen LogP contribution >= 0.6 is 0 Å². The SMILES string of the molecule is CC(C(=O)N(CC(=O)O)c1ccccc1)N1C(=O)NC2(CCCC2)C1=O. The number of para-hydroxylation sites is 1. The topological polar surface area (TPSA) is 107 Å². The first kappa shape index (κ1) is 17.9. The van der Waals surface area contributed by atoms with Crippen LogP contribution in [0.1, 0.15) is 32.6 Å². The summed E-state index contributed by atoms with van der Waals surface area (Å²) in [5, 5.41) is 11.9. The first-order chi connectivity index (χ1) is 12.4. The van der Waals surface area contributed by atoms with Gasteiger partial charge in [-0.05, 0) is 31.9 Å². The van der Waals surface area contributed by atoms with Crippen molar-refractivity contribution in [3.63, 3.8) is 0 Å². The molecule has 0 aromatic heterocycles. The van der Waals surface area contributed by atoms with Crippen LogP contribution in [0.5, 0.6) is 0 Å². The zero-order valence-electron chi connectivity index (χ0n) is 14.5. The predicted molar refractivity (Wildman–Crippen MR) is 92.5 cm³/mol. The van der Waals surface area contributed by atoms with Crippen LogP contribution < -0.4 is 10.2 Å². The van der Waals surface area contributed by atoms with Crippen LogP contribution in [0.2, 0.25) is 0 Å². The number of nitrogens with one attached hydrogen (secondary N) is 1. The van der Waals surface area contributed by atoms with Crippen molar-refractivity contribution in [2.45, 2.75) is 44.2 Å². The van der Waals surface area contributed by atoms with E-state index in [9.17, 15) is 19.2 Å². The molecular formula is C18H21N3O5. The van der Waals surface area contributed by atoms with Gasteiger partial charge in [0.05, 0.1) is 0 Å². The fraction of sp³-hybridized carbons (Fsp3) is 0.444. The van der Waals surface area contributed by atoms with Crippen LogP contribution in [-0.2, 0) is 14.4 Å². The van der Waals surface area contributed by atoms with Gasteiger partial charge in [-0.2, -0.15) is 0 Å². The van der Waals surface area contributed by atoms with Crippen molar-refractivity contribution in [2.75, 3.05) is 11.4 Å². The van der Waals surface area contributed by atoms with E-state index in [4.69, 9.17) is 5.11 Å². The summed E-state index contributed by atoms with van der Waals surface area (Å²) in [6, 6.07) is 6.64. The molecule has 1 aliphatic carbocycles. The fourth-order valence-corrected chi connectivity index (χ4v) is 3.69. The molecule has 1 heterocycles. The summed E-state index contributed by atoms with van der Waals surface area (Å²) in [5.41, 5.74) is -0.509. The Balaban J connectivity index is 1.86. The van der Waals surface area contributed by atoms with Gasteiger partial charge in [0, 0.05) is 5.69 Å². The van der Waals surface area contributed by atoms with Gasteiger partial charge in [0.15, 0.2) is 0 Å². The number of carboxylic acids is 1. The average Bonchev–Trinajstić information content (AvgIpc) is 3.18. The first-order valence-electron chi connectivity index (χ1n) is 8.60. The molecule has 8 nitrogen and oxygen atoms in total. The standard InChI is InChI=1S/C18H21N3O5/c1-12(21-16(25)18(19-17(21)26)9-5-6-10-18)15(24)20(11-14(22)23)13-7-3-2-4-8-13/h2-4,7-8,12H,5-6,9-11H2,1H3,(H,19,26)(H,22,23). The monoisotopic (exact) mass is 359 g/mol. The number of imide groups is 1. The van der Waals surface area contributed by atoms with Gasteiger partial charge < -0.3 is 10.4 Å². The molecule has 2 fully saturated rings. The fourth-order valence-electron chi connectivity index (χ4n) is 3.69. The van der Waals surface area contributed by atoms with Gasteiger partial charge in [-0.15, -0.1) is 0 Å². The summed E-state index contributed by atoms with van der Waals surface area (Å²) in [4.78, 5) is 51.4. The summed E-state index contributed by atoms with van der Waals surface area (Å²) in [7, 11) is 0. The number of hydrogen-bond acceptors (Lipinski definition) is 4. The molecule has 1 saturated heterocycles. The highest BCUT2D eigenvalue weighted by atomic mass is 16.4. The van der Waals surface area contributed by atoms with E-state index < -0.39 is 41.9 Å². The van der Waals surface area contributed by atoms with Crippen molar-refractivity contribution in [3.05, 3.63) is 30.3 Å². The number of carbonyl (C=O) groups is 4. The third kappa shape index (κ3) is 3.02. The van der Waals surface area contributed by atoms with Crippen molar-refractivity contribution in [2.24, 2.45) is 0 Å². The second kappa shape index (κ2) is 6.78. The van der Waals surface area contributed by atoms with Gasteiger partial charge in [0.25, 0.3) is 11.8 Å². The minimum Gasteiger partial charge on any atom is -0.480 e. The second-order valence-corrected chi connectivity index (χ2v) is 6.72. The number of rotatable bonds is 5. The Bertz CT molecular complexity index is 742. The molecule has 1 unspecified atom stereocenters. The third-order valence-electron chi connectivity index (χ3n) is 5.02. The van der Waals surface area contributed by atoms with Crippen LogP contribution in [0, 0.1) is 0 Å². The Morgan fingerprint density at radius 1 is 1.23 bits per heavy atom. The van der Waals surface area contributed by atoms with Crippen molar-refractivity contribution in [1.82, 2.24) is 10.2 Å². The normalized spacial score (nSPS) is 19.5. The number of nitrogens with zero attached hydrogens (tertiary/aromatic N) is 2. The Morgan fingerprint density at radius 2 is 1.85 bits per heavy atom. The van der Waals surface area contributed by atoms with Crippen molar-refractivity contribution >= 4 is 29.5 Å². The zero-order valence-corrected chi connectivity index (χ0v) is 14.5. The number of aliphatic carboxylic acids is 1. The maximum Gasteiger partial charge on any atom is 0.325 e. The van der Waals surface area contributed by atoms with Crippen LogP contribution in [0.15, 0.2) is 30.3 Å².